The van der Waals surface area contributed by atoms with E-state index >= 15 is 0 Å². The molecule has 0 aromatic heterocycles. The quantitative estimate of drug-likeness (QED) is 0.870. The fourth-order valence-electron chi connectivity index (χ4n) is 1.65. The minimum atomic E-state index is -3.07. The fourth-order valence-corrected chi connectivity index (χ4v) is 2.43. The lowest BCUT2D eigenvalue weighted by Gasteiger charge is -2.15. The third kappa shape index (κ3) is 4.51. The van der Waals surface area contributed by atoms with E-state index in [-0.39, 0.29) is 23.7 Å². The van der Waals surface area contributed by atoms with Crippen LogP contribution < -0.4 is 10.5 Å². The Morgan fingerprint density at radius 2 is 1.89 bits per heavy atom. The Kier molecular flexibility index (Phi) is 5.38. The number of rotatable bonds is 6. The van der Waals surface area contributed by atoms with Crippen LogP contribution in [0.5, 0.6) is 5.75 Å². The summed E-state index contributed by atoms with van der Waals surface area (Å²) in [5, 5.41) is -0.374. The van der Waals surface area contributed by atoms with E-state index in [0.29, 0.717) is 5.75 Å². The summed E-state index contributed by atoms with van der Waals surface area (Å²) in [6, 6.07) is 5.64. The van der Waals surface area contributed by atoms with Crippen molar-refractivity contribution in [2.24, 2.45) is 5.73 Å². The Labute approximate surface area is 115 Å². The van der Waals surface area contributed by atoms with E-state index in [1.165, 1.54) is 0 Å². The van der Waals surface area contributed by atoms with Crippen LogP contribution in [-0.4, -0.2) is 26.0 Å². The first-order valence-corrected chi connectivity index (χ1v) is 8.16. The molecule has 19 heavy (non-hydrogen) atoms. The summed E-state index contributed by atoms with van der Waals surface area (Å²) in [6.07, 6.45) is 0. The molecule has 5 heteroatoms. The summed E-state index contributed by atoms with van der Waals surface area (Å²) >= 11 is 0. The van der Waals surface area contributed by atoms with E-state index in [9.17, 15) is 8.42 Å². The zero-order valence-electron chi connectivity index (χ0n) is 12.0. The van der Waals surface area contributed by atoms with Crippen molar-refractivity contribution in [3.8, 4) is 5.75 Å². The maximum atomic E-state index is 11.7. The van der Waals surface area contributed by atoms with Gasteiger partial charge in [0, 0.05) is 11.6 Å². The zero-order valence-corrected chi connectivity index (χ0v) is 12.8. The molecule has 1 aromatic rings. The van der Waals surface area contributed by atoms with Gasteiger partial charge in [-0.2, -0.15) is 0 Å². The zero-order chi connectivity index (χ0) is 14.6. The highest BCUT2D eigenvalue weighted by atomic mass is 32.2. The highest BCUT2D eigenvalue weighted by Gasteiger charge is 2.16. The maximum absolute atomic E-state index is 11.7. The molecular weight excluding hydrogens is 262 g/mol. The van der Waals surface area contributed by atoms with Crippen molar-refractivity contribution in [1.29, 1.82) is 0 Å². The number of nitrogens with two attached hydrogens (primary N) is 1. The van der Waals surface area contributed by atoms with Gasteiger partial charge in [-0.15, -0.1) is 0 Å². The number of hydrogen-bond acceptors (Lipinski definition) is 4. The van der Waals surface area contributed by atoms with Gasteiger partial charge in [0.15, 0.2) is 9.84 Å². The van der Waals surface area contributed by atoms with Gasteiger partial charge in [0.2, 0.25) is 0 Å². The largest absolute Gasteiger partial charge is 0.492 e. The second-order valence-electron chi connectivity index (χ2n) is 5.09. The number of hydrogen-bond donors (Lipinski definition) is 1. The average molecular weight is 285 g/mol. The smallest absolute Gasteiger partial charge is 0.155 e. The minimum absolute atomic E-state index is 0.0248. The molecule has 1 rings (SSSR count). The first kappa shape index (κ1) is 16.0. The van der Waals surface area contributed by atoms with Gasteiger partial charge < -0.3 is 10.5 Å². The van der Waals surface area contributed by atoms with Crippen LogP contribution in [0.15, 0.2) is 18.2 Å². The van der Waals surface area contributed by atoms with Gasteiger partial charge in [-0.1, -0.05) is 12.1 Å². The highest BCUT2D eigenvalue weighted by Crippen LogP contribution is 2.25. The van der Waals surface area contributed by atoms with Crippen LogP contribution in [0.1, 0.15) is 37.9 Å². The van der Waals surface area contributed by atoms with Gasteiger partial charge in [0.25, 0.3) is 0 Å². The first-order chi connectivity index (χ1) is 8.74. The lowest BCUT2D eigenvalue weighted by Crippen LogP contribution is -2.22. The molecule has 0 fully saturated rings. The predicted octanol–water partition coefficient (Wildman–Crippen LogP) is 2.22. The van der Waals surface area contributed by atoms with E-state index in [2.05, 4.69) is 0 Å². The Morgan fingerprint density at radius 1 is 1.26 bits per heavy atom. The predicted molar refractivity (Wildman–Crippen MR) is 78.2 cm³/mol. The molecule has 0 saturated heterocycles. The Hall–Kier alpha value is -1.07. The molecule has 0 saturated carbocycles. The molecule has 108 valence electrons. The van der Waals surface area contributed by atoms with E-state index in [1.807, 2.05) is 32.0 Å². The first-order valence-electron chi connectivity index (χ1n) is 6.44. The summed E-state index contributed by atoms with van der Waals surface area (Å²) in [7, 11) is -3.07. The third-order valence-corrected chi connectivity index (χ3v) is 5.18. The van der Waals surface area contributed by atoms with Crippen molar-refractivity contribution >= 4 is 9.84 Å². The van der Waals surface area contributed by atoms with Crippen LogP contribution in [0.2, 0.25) is 0 Å². The van der Waals surface area contributed by atoms with Crippen LogP contribution in [0.4, 0.5) is 0 Å². The second-order valence-corrected chi connectivity index (χ2v) is 7.77. The minimum Gasteiger partial charge on any atom is -0.492 e. The van der Waals surface area contributed by atoms with Crippen LogP contribution in [0, 0.1) is 6.92 Å². The van der Waals surface area contributed by atoms with Gasteiger partial charge in [0.1, 0.15) is 12.4 Å². The molecule has 1 aromatic carbocycles. The van der Waals surface area contributed by atoms with Crippen molar-refractivity contribution in [3.63, 3.8) is 0 Å². The third-order valence-electron chi connectivity index (χ3n) is 3.00. The van der Waals surface area contributed by atoms with Gasteiger partial charge >= 0.3 is 0 Å². The topological polar surface area (TPSA) is 69.4 Å². The van der Waals surface area contributed by atoms with E-state index in [1.54, 1.807) is 13.8 Å². The monoisotopic (exact) mass is 285 g/mol. The van der Waals surface area contributed by atoms with E-state index in [0.717, 1.165) is 11.1 Å². The number of ether oxygens (including phenoxy) is 1. The molecule has 0 amide bonds. The maximum Gasteiger partial charge on any atom is 0.155 e. The summed E-state index contributed by atoms with van der Waals surface area (Å²) in [4.78, 5) is 0. The summed E-state index contributed by atoms with van der Waals surface area (Å²) in [5.74, 6) is 0.700. The lowest BCUT2D eigenvalue weighted by atomic mass is 10.1. The van der Waals surface area contributed by atoms with Crippen molar-refractivity contribution in [1.82, 2.24) is 0 Å². The molecule has 2 N–H and O–H groups in total. The number of benzene rings is 1. The summed E-state index contributed by atoms with van der Waals surface area (Å²) in [6.45, 7) is 7.35. The van der Waals surface area contributed by atoms with Crippen molar-refractivity contribution < 1.29 is 13.2 Å². The van der Waals surface area contributed by atoms with Crippen LogP contribution in [-0.2, 0) is 9.84 Å². The number of sulfone groups is 1. The average Bonchev–Trinajstić information content (AvgIpc) is 2.28. The van der Waals surface area contributed by atoms with Crippen molar-refractivity contribution in [3.05, 3.63) is 29.3 Å². The van der Waals surface area contributed by atoms with Crippen molar-refractivity contribution in [2.75, 3.05) is 12.4 Å². The van der Waals surface area contributed by atoms with Crippen LogP contribution in [0.3, 0.4) is 0 Å². The standard InChI is InChI=1S/C14H23NO3S/c1-10(2)19(16,17)8-7-18-14-9-11(3)5-6-13(14)12(4)15/h5-6,9-10,12H,7-8,15H2,1-4H3/t12-/m0/s1. The molecule has 0 aliphatic heterocycles. The van der Waals surface area contributed by atoms with Crippen LogP contribution in [0.25, 0.3) is 0 Å². The molecule has 0 aliphatic rings. The summed E-state index contributed by atoms with van der Waals surface area (Å²) < 4.78 is 29.0. The lowest BCUT2D eigenvalue weighted by molar-refractivity contribution is 0.335. The SMILES string of the molecule is Cc1ccc([C@H](C)N)c(OCCS(=O)(=O)C(C)C)c1. The van der Waals surface area contributed by atoms with Gasteiger partial charge in [0.05, 0.1) is 11.0 Å². The Bertz CT molecular complexity index is 521. The van der Waals surface area contributed by atoms with Gasteiger partial charge in [-0.25, -0.2) is 8.42 Å². The highest BCUT2D eigenvalue weighted by molar-refractivity contribution is 7.91. The molecular formula is C14H23NO3S. The molecule has 0 aliphatic carbocycles. The van der Waals surface area contributed by atoms with Crippen molar-refractivity contribution in [2.45, 2.75) is 39.0 Å². The summed E-state index contributed by atoms with van der Waals surface area (Å²) in [5.41, 5.74) is 7.83. The molecule has 4 nitrogen and oxygen atoms in total. The molecule has 0 unspecified atom stereocenters. The molecule has 1 atom stereocenters. The molecule has 0 radical (unpaired) electrons. The molecule has 0 spiro atoms. The van der Waals surface area contributed by atoms with E-state index in [4.69, 9.17) is 10.5 Å². The number of aryl methyl sites for hydroxylation is 1. The van der Waals surface area contributed by atoms with Gasteiger partial charge in [-0.3, -0.25) is 0 Å². The normalized spacial score (nSPS) is 13.6. The molecule has 0 bridgehead atoms. The Morgan fingerprint density at radius 3 is 2.42 bits per heavy atom. The van der Waals surface area contributed by atoms with E-state index < -0.39 is 9.84 Å². The van der Waals surface area contributed by atoms with Crippen LogP contribution >= 0.6 is 0 Å². The molecule has 0 heterocycles. The van der Waals surface area contributed by atoms with Gasteiger partial charge in [-0.05, 0) is 39.3 Å². The second kappa shape index (κ2) is 6.39. The Balaban J connectivity index is 2.75. The fraction of sp³-hybridized carbons (Fsp3) is 0.571.